The number of rotatable bonds is 6. The number of amides is 1. The number of nitrogens with zero attached hydrogens (tertiary/aromatic N) is 2. The summed E-state index contributed by atoms with van der Waals surface area (Å²) >= 11 is 12.5. The van der Waals surface area contributed by atoms with E-state index in [9.17, 15) is 9.59 Å². The fraction of sp³-hybridized carbons (Fsp3) is 0.346. The molecule has 5 rings (SSSR count). The lowest BCUT2D eigenvalue weighted by Crippen LogP contribution is -2.54. The lowest BCUT2D eigenvalue weighted by Gasteiger charge is -2.45. The fourth-order valence-electron chi connectivity index (χ4n) is 5.07. The van der Waals surface area contributed by atoms with E-state index in [4.69, 9.17) is 21.3 Å². The van der Waals surface area contributed by atoms with Gasteiger partial charge in [-0.15, -0.1) is 0 Å². The zero-order valence-electron chi connectivity index (χ0n) is 18.5. The van der Waals surface area contributed by atoms with Gasteiger partial charge < -0.3 is 4.74 Å². The van der Waals surface area contributed by atoms with Crippen LogP contribution in [0.4, 0.5) is 0 Å². The van der Waals surface area contributed by atoms with Crippen LogP contribution < -0.4 is 4.74 Å². The summed E-state index contributed by atoms with van der Waals surface area (Å²) in [5.41, 5.74) is 0.719. The molecule has 2 aromatic heterocycles. The second-order valence-electron chi connectivity index (χ2n) is 8.94. The minimum atomic E-state index is -1.14. The number of Topliss-reactive ketones (excluding diaryl/α,β-unsaturated/α-hetero) is 1. The molecule has 3 heterocycles. The zero-order chi connectivity index (χ0) is 23.7. The maximum atomic E-state index is 13.7. The second-order valence-corrected chi connectivity index (χ2v) is 10.5. The number of aromatic nitrogens is 1. The van der Waals surface area contributed by atoms with Crippen LogP contribution in [-0.4, -0.2) is 27.6 Å². The first kappa shape index (κ1) is 23.4. The van der Waals surface area contributed by atoms with Gasteiger partial charge in [0.2, 0.25) is 11.8 Å². The quantitative estimate of drug-likeness (QED) is 0.323. The van der Waals surface area contributed by atoms with Crippen molar-refractivity contribution >= 4 is 47.4 Å². The summed E-state index contributed by atoms with van der Waals surface area (Å²) in [5.74, 6) is -0.591. The van der Waals surface area contributed by atoms with E-state index in [1.807, 2.05) is 35.0 Å². The average molecular weight is 513 g/mol. The van der Waals surface area contributed by atoms with Gasteiger partial charge >= 0.3 is 0 Å². The molecule has 1 saturated carbocycles. The molecule has 0 N–H and O–H groups in total. The van der Waals surface area contributed by atoms with Gasteiger partial charge in [0.1, 0.15) is 11.5 Å². The standard InChI is InChI=1S/C26H25ClN2O3S2/c27-20-9-4-3-8-19(20)24-21(30)14-26(29(33)25(24)31,18-12-13-34-16-18)22-10-5-11-23(28-22)32-15-17-6-1-2-7-17/h3-5,8-13,16-17,24,33H,1-2,6-7,14-15H2. The molecule has 1 aliphatic heterocycles. The van der Waals surface area contributed by atoms with Crippen molar-refractivity contribution in [1.29, 1.82) is 0 Å². The van der Waals surface area contributed by atoms with E-state index >= 15 is 0 Å². The molecule has 2 aliphatic rings. The number of carbonyl (C=O) groups excluding carboxylic acids is 2. The van der Waals surface area contributed by atoms with Crippen LogP contribution in [-0.2, 0) is 15.1 Å². The van der Waals surface area contributed by atoms with Gasteiger partial charge in [0.05, 0.1) is 12.3 Å². The van der Waals surface area contributed by atoms with Crippen LogP contribution in [0.25, 0.3) is 0 Å². The fourth-order valence-corrected chi connectivity index (χ4v) is 6.44. The molecule has 0 spiro atoms. The van der Waals surface area contributed by atoms with Crippen molar-refractivity contribution in [2.45, 2.75) is 43.6 Å². The van der Waals surface area contributed by atoms with Crippen LogP contribution in [0.3, 0.4) is 0 Å². The Labute approximate surface area is 213 Å². The van der Waals surface area contributed by atoms with E-state index in [0.29, 0.717) is 34.7 Å². The predicted molar refractivity (Wildman–Crippen MR) is 136 cm³/mol. The summed E-state index contributed by atoms with van der Waals surface area (Å²) in [6.07, 6.45) is 4.88. The molecule has 0 bridgehead atoms. The average Bonchev–Trinajstić information content (AvgIpc) is 3.56. The Morgan fingerprint density at radius 1 is 1.12 bits per heavy atom. The molecule has 3 aromatic rings. The van der Waals surface area contributed by atoms with Gasteiger partial charge in [0.25, 0.3) is 0 Å². The maximum absolute atomic E-state index is 13.7. The first-order chi connectivity index (χ1) is 16.5. The monoisotopic (exact) mass is 512 g/mol. The number of ether oxygens (including phenoxy) is 1. The number of thiophene rings is 1. The van der Waals surface area contributed by atoms with Gasteiger partial charge in [-0.1, -0.05) is 61.5 Å². The van der Waals surface area contributed by atoms with Crippen molar-refractivity contribution < 1.29 is 14.3 Å². The molecular formula is C26H25ClN2O3S2. The first-order valence-corrected chi connectivity index (χ1v) is 13.2. The first-order valence-electron chi connectivity index (χ1n) is 11.4. The van der Waals surface area contributed by atoms with Crippen molar-refractivity contribution in [3.8, 4) is 5.88 Å². The molecule has 1 aromatic carbocycles. The van der Waals surface area contributed by atoms with Crippen LogP contribution in [0.5, 0.6) is 5.88 Å². The molecule has 1 amide bonds. The van der Waals surface area contributed by atoms with E-state index in [1.165, 1.54) is 41.3 Å². The SMILES string of the molecule is O=C1CC(c2ccsc2)(c2cccc(OCC3CCCC3)n2)N(S)C(=O)C1c1ccccc1Cl. The number of hydrogen-bond acceptors (Lipinski definition) is 6. The summed E-state index contributed by atoms with van der Waals surface area (Å²) in [6.45, 7) is 0.624. The van der Waals surface area contributed by atoms with E-state index in [0.717, 1.165) is 5.56 Å². The van der Waals surface area contributed by atoms with Crippen LogP contribution in [0.2, 0.25) is 5.02 Å². The van der Waals surface area contributed by atoms with Crippen LogP contribution >= 0.6 is 35.8 Å². The molecule has 0 radical (unpaired) electrons. The highest BCUT2D eigenvalue weighted by Crippen LogP contribution is 2.48. The molecular weight excluding hydrogens is 488 g/mol. The maximum Gasteiger partial charge on any atom is 0.248 e. The van der Waals surface area contributed by atoms with Crippen molar-refractivity contribution in [1.82, 2.24) is 9.29 Å². The Morgan fingerprint density at radius 2 is 1.91 bits per heavy atom. The van der Waals surface area contributed by atoms with Crippen LogP contribution in [0, 0.1) is 5.92 Å². The molecule has 5 nitrogen and oxygen atoms in total. The molecule has 34 heavy (non-hydrogen) atoms. The highest BCUT2D eigenvalue weighted by molar-refractivity contribution is 7.78. The third kappa shape index (κ3) is 4.14. The molecule has 176 valence electrons. The smallest absolute Gasteiger partial charge is 0.248 e. The Bertz CT molecular complexity index is 1200. The number of halogens is 1. The van der Waals surface area contributed by atoms with Crippen LogP contribution in [0.1, 0.15) is 54.8 Å². The summed E-state index contributed by atoms with van der Waals surface area (Å²) < 4.78 is 7.41. The van der Waals surface area contributed by atoms with Gasteiger partial charge in [-0.05, 0) is 58.8 Å². The molecule has 2 fully saturated rings. The third-order valence-electron chi connectivity index (χ3n) is 6.87. The second kappa shape index (κ2) is 9.72. The predicted octanol–water partition coefficient (Wildman–Crippen LogP) is 6.04. The molecule has 2 unspecified atom stereocenters. The lowest BCUT2D eigenvalue weighted by molar-refractivity contribution is -0.142. The van der Waals surface area contributed by atoms with Gasteiger partial charge in [0.15, 0.2) is 5.78 Å². The zero-order valence-corrected chi connectivity index (χ0v) is 21.0. The summed E-state index contributed by atoms with van der Waals surface area (Å²) in [7, 11) is 0. The van der Waals surface area contributed by atoms with E-state index in [-0.39, 0.29) is 12.2 Å². The van der Waals surface area contributed by atoms with Gasteiger partial charge in [-0.3, -0.25) is 13.9 Å². The largest absolute Gasteiger partial charge is 0.477 e. The molecule has 2 atom stereocenters. The number of hydrogen-bond donors (Lipinski definition) is 1. The van der Waals surface area contributed by atoms with E-state index in [1.54, 1.807) is 24.3 Å². The highest BCUT2D eigenvalue weighted by Gasteiger charge is 2.53. The minimum Gasteiger partial charge on any atom is -0.477 e. The lowest BCUT2D eigenvalue weighted by atomic mass is 9.75. The number of ketones is 1. The normalized spacial score (nSPS) is 23.5. The van der Waals surface area contributed by atoms with Crippen molar-refractivity contribution in [3.05, 3.63) is 81.1 Å². The summed E-state index contributed by atoms with van der Waals surface area (Å²) in [4.78, 5) is 32.0. The van der Waals surface area contributed by atoms with Crippen LogP contribution in [0.15, 0.2) is 59.3 Å². The van der Waals surface area contributed by atoms with Gasteiger partial charge in [-0.25, -0.2) is 4.98 Å². The number of carbonyl (C=O) groups is 2. The Balaban J connectivity index is 1.53. The van der Waals surface area contributed by atoms with Crippen molar-refractivity contribution in [3.63, 3.8) is 0 Å². The Morgan fingerprint density at radius 3 is 2.65 bits per heavy atom. The van der Waals surface area contributed by atoms with Crippen molar-refractivity contribution in [2.75, 3.05) is 6.61 Å². The highest BCUT2D eigenvalue weighted by atomic mass is 35.5. The summed E-state index contributed by atoms with van der Waals surface area (Å²) in [6, 6.07) is 14.4. The number of piperidine rings is 1. The van der Waals surface area contributed by atoms with Gasteiger partial charge in [0, 0.05) is 17.5 Å². The van der Waals surface area contributed by atoms with Gasteiger partial charge in [-0.2, -0.15) is 11.3 Å². The van der Waals surface area contributed by atoms with E-state index < -0.39 is 17.4 Å². The van der Waals surface area contributed by atoms with E-state index in [2.05, 4.69) is 12.8 Å². The Kier molecular flexibility index (Phi) is 6.69. The molecule has 1 saturated heterocycles. The number of thiol groups is 1. The Hall–Kier alpha value is -2.35. The third-order valence-corrected chi connectivity index (χ3v) is 8.44. The van der Waals surface area contributed by atoms with Crippen molar-refractivity contribution in [2.24, 2.45) is 5.92 Å². The number of pyridine rings is 1. The topological polar surface area (TPSA) is 59.5 Å². The summed E-state index contributed by atoms with van der Waals surface area (Å²) in [5, 5.41) is 4.25. The molecule has 1 aliphatic carbocycles. The number of benzene rings is 1. The minimum absolute atomic E-state index is 0.0357. The molecule has 8 heteroatoms.